The second-order valence-corrected chi connectivity index (χ2v) is 7.60. The number of nitrogens with zero attached hydrogens (tertiary/aromatic N) is 2. The van der Waals surface area contributed by atoms with Crippen LogP contribution in [-0.4, -0.2) is 52.7 Å². The second kappa shape index (κ2) is 12.6. The standard InChI is InChI=1S/C25H32N4O6/c1-31-21-14-18(15-22(32-2)24(21)33-3)23-20(16-35-28-23)17-9-8-10-19(13-17)29(34-4)25(30)27-12-7-5-6-11-26/h8-10,13-16H,5-7,11-12,26H2,1-4H3,(H,27,30). The molecule has 10 heteroatoms. The number of urea groups is 1. The molecule has 3 aromatic rings. The highest BCUT2D eigenvalue weighted by Crippen LogP contribution is 2.43. The maximum absolute atomic E-state index is 12.7. The van der Waals surface area contributed by atoms with E-state index in [0.717, 1.165) is 30.4 Å². The minimum absolute atomic E-state index is 0.354. The third-order valence-corrected chi connectivity index (χ3v) is 5.42. The minimum atomic E-state index is -0.354. The average Bonchev–Trinajstić information content (AvgIpc) is 3.38. The lowest BCUT2D eigenvalue weighted by Crippen LogP contribution is -2.39. The number of hydrogen-bond donors (Lipinski definition) is 2. The first-order chi connectivity index (χ1) is 17.1. The minimum Gasteiger partial charge on any atom is -0.493 e. The zero-order valence-electron chi connectivity index (χ0n) is 20.5. The Balaban J connectivity index is 1.89. The number of unbranched alkanes of at least 4 members (excludes halogenated alkanes) is 2. The van der Waals surface area contributed by atoms with Gasteiger partial charge in [0.1, 0.15) is 12.0 Å². The molecule has 1 heterocycles. The van der Waals surface area contributed by atoms with E-state index in [-0.39, 0.29) is 6.03 Å². The first kappa shape index (κ1) is 25.9. The van der Waals surface area contributed by atoms with Crippen LogP contribution in [0, 0.1) is 0 Å². The topological polar surface area (TPSA) is 121 Å². The molecule has 1 aromatic heterocycles. The summed E-state index contributed by atoms with van der Waals surface area (Å²) < 4.78 is 21.7. The zero-order chi connectivity index (χ0) is 25.2. The fourth-order valence-corrected chi connectivity index (χ4v) is 3.69. The number of anilines is 1. The van der Waals surface area contributed by atoms with Crippen LogP contribution in [0.15, 0.2) is 47.2 Å². The van der Waals surface area contributed by atoms with E-state index in [1.165, 1.54) is 12.2 Å². The number of hydroxylamine groups is 1. The zero-order valence-corrected chi connectivity index (χ0v) is 20.5. The number of amides is 2. The first-order valence-corrected chi connectivity index (χ1v) is 11.2. The lowest BCUT2D eigenvalue weighted by atomic mass is 10.0. The summed E-state index contributed by atoms with van der Waals surface area (Å²) >= 11 is 0. The van der Waals surface area contributed by atoms with Crippen LogP contribution in [0.5, 0.6) is 17.2 Å². The van der Waals surface area contributed by atoms with Crippen molar-refractivity contribution in [2.45, 2.75) is 19.3 Å². The Morgan fingerprint density at radius 3 is 2.37 bits per heavy atom. The van der Waals surface area contributed by atoms with E-state index in [4.69, 9.17) is 29.3 Å². The van der Waals surface area contributed by atoms with E-state index in [1.54, 1.807) is 45.8 Å². The molecule has 0 saturated carbocycles. The molecular formula is C25H32N4O6. The SMILES string of the molecule is COc1cc(-c2nocc2-c2cccc(N(OC)C(=O)NCCCCCN)c2)cc(OC)c1OC. The molecule has 0 radical (unpaired) electrons. The molecule has 0 spiro atoms. The summed E-state index contributed by atoms with van der Waals surface area (Å²) in [5, 5.41) is 8.28. The molecule has 3 N–H and O–H groups in total. The fraction of sp³-hybridized carbons (Fsp3) is 0.360. The maximum Gasteiger partial charge on any atom is 0.346 e. The summed E-state index contributed by atoms with van der Waals surface area (Å²) in [6, 6.07) is 10.6. The van der Waals surface area contributed by atoms with Gasteiger partial charge in [-0.05, 0) is 49.2 Å². The number of methoxy groups -OCH3 is 3. The lowest BCUT2D eigenvalue weighted by Gasteiger charge is -2.21. The normalized spacial score (nSPS) is 10.7. The van der Waals surface area contributed by atoms with Crippen molar-refractivity contribution in [3.05, 3.63) is 42.7 Å². The molecule has 0 aliphatic rings. The van der Waals surface area contributed by atoms with E-state index in [2.05, 4.69) is 10.5 Å². The van der Waals surface area contributed by atoms with Crippen LogP contribution in [0.2, 0.25) is 0 Å². The van der Waals surface area contributed by atoms with E-state index < -0.39 is 0 Å². The Morgan fingerprint density at radius 2 is 1.74 bits per heavy atom. The maximum atomic E-state index is 12.7. The number of carbonyl (C=O) groups excluding carboxylic acids is 1. The van der Waals surface area contributed by atoms with Crippen molar-refractivity contribution in [1.29, 1.82) is 0 Å². The van der Waals surface area contributed by atoms with E-state index in [0.29, 0.717) is 47.3 Å². The van der Waals surface area contributed by atoms with Gasteiger partial charge in [-0.1, -0.05) is 23.7 Å². The van der Waals surface area contributed by atoms with Crippen molar-refractivity contribution in [2.24, 2.45) is 5.73 Å². The first-order valence-electron chi connectivity index (χ1n) is 11.2. The third-order valence-electron chi connectivity index (χ3n) is 5.42. The Bertz CT molecular complexity index is 1090. The monoisotopic (exact) mass is 484 g/mol. The van der Waals surface area contributed by atoms with Crippen molar-refractivity contribution in [3.8, 4) is 39.6 Å². The highest BCUT2D eigenvalue weighted by Gasteiger charge is 2.21. The molecule has 10 nitrogen and oxygen atoms in total. The van der Waals surface area contributed by atoms with Crippen molar-refractivity contribution < 1.29 is 28.4 Å². The summed E-state index contributed by atoms with van der Waals surface area (Å²) in [5.41, 5.74) is 8.87. The molecule has 3 rings (SSSR count). The molecule has 0 fully saturated rings. The molecule has 0 saturated heterocycles. The predicted molar refractivity (Wildman–Crippen MR) is 133 cm³/mol. The average molecular weight is 485 g/mol. The largest absolute Gasteiger partial charge is 0.493 e. The van der Waals surface area contributed by atoms with E-state index in [1.807, 2.05) is 18.2 Å². The van der Waals surface area contributed by atoms with Gasteiger partial charge in [0.2, 0.25) is 5.75 Å². The van der Waals surface area contributed by atoms with Crippen molar-refractivity contribution in [1.82, 2.24) is 10.5 Å². The summed E-state index contributed by atoms with van der Waals surface area (Å²) in [4.78, 5) is 18.1. The van der Waals surface area contributed by atoms with Crippen LogP contribution in [0.3, 0.4) is 0 Å². The van der Waals surface area contributed by atoms with Crippen LogP contribution in [0.1, 0.15) is 19.3 Å². The smallest absolute Gasteiger partial charge is 0.346 e. The van der Waals surface area contributed by atoms with Gasteiger partial charge >= 0.3 is 6.03 Å². The molecule has 2 amide bonds. The fourth-order valence-electron chi connectivity index (χ4n) is 3.69. The molecule has 0 aliphatic heterocycles. The Kier molecular flexibility index (Phi) is 9.33. The van der Waals surface area contributed by atoms with Gasteiger partial charge in [-0.2, -0.15) is 5.06 Å². The number of nitrogens with one attached hydrogen (secondary N) is 1. The van der Waals surface area contributed by atoms with Crippen LogP contribution < -0.4 is 30.3 Å². The lowest BCUT2D eigenvalue weighted by molar-refractivity contribution is 0.163. The number of nitrogens with two attached hydrogens (primary N) is 1. The van der Waals surface area contributed by atoms with Gasteiger partial charge in [-0.25, -0.2) is 4.79 Å². The number of benzene rings is 2. The molecule has 35 heavy (non-hydrogen) atoms. The van der Waals surface area contributed by atoms with Gasteiger partial charge in [0.05, 0.1) is 34.1 Å². The second-order valence-electron chi connectivity index (χ2n) is 7.60. The number of aromatic nitrogens is 1. The Morgan fingerprint density at radius 1 is 1.00 bits per heavy atom. The number of ether oxygens (including phenoxy) is 3. The highest BCUT2D eigenvalue weighted by atomic mass is 16.7. The molecule has 0 aliphatic carbocycles. The summed E-state index contributed by atoms with van der Waals surface area (Å²) in [5.74, 6) is 1.48. The van der Waals surface area contributed by atoms with Crippen LogP contribution >= 0.6 is 0 Å². The number of carbonyl (C=O) groups is 1. The third kappa shape index (κ3) is 6.03. The van der Waals surface area contributed by atoms with Crippen molar-refractivity contribution in [2.75, 3.05) is 46.6 Å². The summed E-state index contributed by atoms with van der Waals surface area (Å²) in [6.07, 6.45) is 4.28. The summed E-state index contributed by atoms with van der Waals surface area (Å²) in [7, 11) is 6.10. The van der Waals surface area contributed by atoms with E-state index in [9.17, 15) is 4.79 Å². The van der Waals surface area contributed by atoms with Gasteiger partial charge in [0.15, 0.2) is 11.5 Å². The van der Waals surface area contributed by atoms with Crippen molar-refractivity contribution in [3.63, 3.8) is 0 Å². The van der Waals surface area contributed by atoms with Gasteiger partial charge in [0, 0.05) is 17.7 Å². The van der Waals surface area contributed by atoms with Crippen LogP contribution in [0.25, 0.3) is 22.4 Å². The molecule has 0 atom stereocenters. The van der Waals surface area contributed by atoms with Gasteiger partial charge in [0.25, 0.3) is 0 Å². The van der Waals surface area contributed by atoms with Crippen LogP contribution in [0.4, 0.5) is 10.5 Å². The van der Waals surface area contributed by atoms with Gasteiger partial charge in [-0.15, -0.1) is 0 Å². The Labute approximate surface area is 204 Å². The molecule has 0 unspecified atom stereocenters. The van der Waals surface area contributed by atoms with Gasteiger partial charge in [-0.3, -0.25) is 4.84 Å². The highest BCUT2D eigenvalue weighted by molar-refractivity contribution is 5.91. The number of rotatable bonds is 12. The van der Waals surface area contributed by atoms with Gasteiger partial charge < -0.3 is 29.8 Å². The molecule has 0 bridgehead atoms. The number of hydrogen-bond acceptors (Lipinski definition) is 8. The van der Waals surface area contributed by atoms with E-state index >= 15 is 0 Å². The van der Waals surface area contributed by atoms with Crippen LogP contribution in [-0.2, 0) is 4.84 Å². The molecule has 188 valence electrons. The summed E-state index contributed by atoms with van der Waals surface area (Å²) in [6.45, 7) is 1.18. The quantitative estimate of drug-likeness (QED) is 0.289. The molecule has 2 aromatic carbocycles. The van der Waals surface area contributed by atoms with Crippen molar-refractivity contribution >= 4 is 11.7 Å². The predicted octanol–water partition coefficient (Wildman–Crippen LogP) is 4.24. The Hall–Kier alpha value is -3.76. The molecular weight excluding hydrogens is 452 g/mol.